The van der Waals surface area contributed by atoms with Crippen LogP contribution in [0.2, 0.25) is 0 Å². The lowest BCUT2D eigenvalue weighted by Gasteiger charge is -2.41. The lowest BCUT2D eigenvalue weighted by Crippen LogP contribution is -2.51. The Morgan fingerprint density at radius 3 is 2.63 bits per heavy atom. The summed E-state index contributed by atoms with van der Waals surface area (Å²) >= 11 is 3.53. The molecule has 102 valence electrons. The molecule has 3 rings (SSSR count). The number of hydrogen-bond donors (Lipinski definition) is 1. The molecule has 19 heavy (non-hydrogen) atoms. The molecule has 2 N–H and O–H groups in total. The second-order valence-electron chi connectivity index (χ2n) is 5.42. The van der Waals surface area contributed by atoms with Crippen LogP contribution < -0.4 is 10.7 Å². The summed E-state index contributed by atoms with van der Waals surface area (Å²) < 4.78 is 3.15. The minimum absolute atomic E-state index is 0.488. The molecule has 2 unspecified atom stereocenters. The van der Waals surface area contributed by atoms with E-state index in [9.17, 15) is 0 Å². The topological polar surface area (TPSA) is 47.1 Å². The van der Waals surface area contributed by atoms with Crippen molar-refractivity contribution in [2.24, 2.45) is 0 Å². The van der Waals surface area contributed by atoms with Crippen molar-refractivity contribution in [1.29, 1.82) is 0 Å². The lowest BCUT2D eigenvalue weighted by atomic mass is 10.00. The van der Waals surface area contributed by atoms with Crippen molar-refractivity contribution in [1.82, 2.24) is 9.66 Å². The van der Waals surface area contributed by atoms with Crippen LogP contribution >= 0.6 is 15.9 Å². The predicted molar refractivity (Wildman–Crippen MR) is 82.8 cm³/mol. The van der Waals surface area contributed by atoms with E-state index in [1.54, 1.807) is 0 Å². The Hall–Kier alpha value is -1.23. The van der Waals surface area contributed by atoms with Gasteiger partial charge in [-0.15, -0.1) is 0 Å². The van der Waals surface area contributed by atoms with Gasteiger partial charge in [-0.3, -0.25) is 0 Å². The van der Waals surface area contributed by atoms with Crippen LogP contribution in [0, 0.1) is 0 Å². The highest BCUT2D eigenvalue weighted by Gasteiger charge is 2.27. The average Bonchev–Trinajstić information content (AvgIpc) is 2.66. The second-order valence-corrected chi connectivity index (χ2v) is 6.34. The van der Waals surface area contributed by atoms with Gasteiger partial charge < -0.3 is 10.7 Å². The van der Waals surface area contributed by atoms with E-state index in [0.717, 1.165) is 15.5 Å². The quantitative estimate of drug-likeness (QED) is 0.876. The summed E-state index contributed by atoms with van der Waals surface area (Å²) in [7, 11) is 0. The van der Waals surface area contributed by atoms with E-state index in [1.807, 2.05) is 12.1 Å². The molecule has 1 aliphatic heterocycles. The minimum Gasteiger partial charge on any atom is -0.368 e. The molecule has 1 aromatic heterocycles. The lowest BCUT2D eigenvalue weighted by molar-refractivity contribution is 0.343. The molecule has 2 aromatic rings. The molecule has 4 nitrogen and oxygen atoms in total. The second kappa shape index (κ2) is 4.71. The maximum absolute atomic E-state index is 6.15. The molecule has 0 aliphatic carbocycles. The molecule has 1 aliphatic rings. The first-order valence-corrected chi connectivity index (χ1v) is 7.59. The van der Waals surface area contributed by atoms with E-state index < -0.39 is 0 Å². The van der Waals surface area contributed by atoms with Crippen LogP contribution in [0.3, 0.4) is 0 Å². The molecule has 1 fully saturated rings. The van der Waals surface area contributed by atoms with Gasteiger partial charge in [-0.25, -0.2) is 9.66 Å². The number of imidazole rings is 1. The molecule has 0 saturated carbocycles. The van der Waals surface area contributed by atoms with Crippen molar-refractivity contribution in [3.63, 3.8) is 0 Å². The van der Waals surface area contributed by atoms with Gasteiger partial charge in [-0.1, -0.05) is 15.9 Å². The van der Waals surface area contributed by atoms with Crippen molar-refractivity contribution >= 4 is 32.9 Å². The molecule has 1 aromatic carbocycles. The van der Waals surface area contributed by atoms with Crippen LogP contribution in [0.1, 0.15) is 33.1 Å². The van der Waals surface area contributed by atoms with E-state index in [-0.39, 0.29) is 0 Å². The van der Waals surface area contributed by atoms with Crippen LogP contribution in [0.25, 0.3) is 11.0 Å². The smallest absolute Gasteiger partial charge is 0.220 e. The largest absolute Gasteiger partial charge is 0.368 e. The molecule has 1 saturated heterocycles. The van der Waals surface area contributed by atoms with E-state index in [2.05, 4.69) is 50.5 Å². The summed E-state index contributed by atoms with van der Waals surface area (Å²) in [6, 6.07) is 7.07. The number of nitrogens with zero attached hydrogens (tertiary/aromatic N) is 3. The van der Waals surface area contributed by atoms with Crippen LogP contribution in [-0.2, 0) is 0 Å². The number of piperidine rings is 1. The van der Waals surface area contributed by atoms with E-state index in [4.69, 9.17) is 5.73 Å². The van der Waals surface area contributed by atoms with Crippen LogP contribution in [0.4, 0.5) is 5.95 Å². The number of anilines is 1. The maximum Gasteiger partial charge on any atom is 0.220 e. The van der Waals surface area contributed by atoms with Crippen LogP contribution in [0.5, 0.6) is 0 Å². The third-order valence-corrected chi connectivity index (χ3v) is 4.49. The highest BCUT2D eigenvalue weighted by Crippen LogP contribution is 2.28. The first-order chi connectivity index (χ1) is 9.08. The highest BCUT2D eigenvalue weighted by molar-refractivity contribution is 9.10. The highest BCUT2D eigenvalue weighted by atomic mass is 79.9. The van der Waals surface area contributed by atoms with E-state index in [1.165, 1.54) is 19.3 Å². The van der Waals surface area contributed by atoms with Crippen molar-refractivity contribution in [3.8, 4) is 0 Å². The minimum atomic E-state index is 0.488. The Morgan fingerprint density at radius 2 is 1.95 bits per heavy atom. The zero-order chi connectivity index (χ0) is 13.6. The molecular weight excluding hydrogens is 304 g/mol. The third-order valence-electron chi connectivity index (χ3n) is 4.00. The average molecular weight is 323 g/mol. The first kappa shape index (κ1) is 12.8. The van der Waals surface area contributed by atoms with Crippen LogP contribution in [-0.4, -0.2) is 21.7 Å². The molecule has 0 bridgehead atoms. The van der Waals surface area contributed by atoms with Crippen molar-refractivity contribution in [2.75, 3.05) is 10.7 Å². The molecular formula is C14H19BrN4. The summed E-state index contributed by atoms with van der Waals surface area (Å²) in [6.45, 7) is 4.53. The standard InChI is InChI=1S/C14H19BrN4/c1-9-4-3-5-10(2)18(9)19-13-8-11(15)6-7-12(13)17-14(19)16/h6-10H,3-5H2,1-2H3,(H2,16,17). The van der Waals surface area contributed by atoms with Gasteiger partial charge in [0.05, 0.1) is 11.0 Å². The first-order valence-electron chi connectivity index (χ1n) is 6.80. The fourth-order valence-corrected chi connectivity index (χ4v) is 3.45. The monoisotopic (exact) mass is 322 g/mol. The molecule has 0 spiro atoms. The van der Waals surface area contributed by atoms with Gasteiger partial charge in [0.25, 0.3) is 0 Å². The van der Waals surface area contributed by atoms with Gasteiger partial charge in [0.2, 0.25) is 5.95 Å². The van der Waals surface area contributed by atoms with Crippen molar-refractivity contribution in [3.05, 3.63) is 22.7 Å². The normalized spacial score (nSPS) is 24.1. The van der Waals surface area contributed by atoms with E-state index >= 15 is 0 Å². The summed E-state index contributed by atoms with van der Waals surface area (Å²) in [6.07, 6.45) is 3.70. The van der Waals surface area contributed by atoms with Gasteiger partial charge >= 0.3 is 0 Å². The SMILES string of the molecule is CC1CCCC(C)N1n1c(N)nc2ccc(Br)cc21. The number of halogens is 1. The maximum atomic E-state index is 6.15. The number of rotatable bonds is 1. The molecule has 2 heterocycles. The number of benzene rings is 1. The van der Waals surface area contributed by atoms with Gasteiger partial charge in [0.15, 0.2) is 0 Å². The van der Waals surface area contributed by atoms with Crippen molar-refractivity contribution in [2.45, 2.75) is 45.2 Å². The van der Waals surface area contributed by atoms with Crippen LogP contribution in [0.15, 0.2) is 22.7 Å². The molecule has 2 atom stereocenters. The summed E-state index contributed by atoms with van der Waals surface area (Å²) in [5.74, 6) is 0.578. The Balaban J connectivity index is 2.17. The molecule has 0 radical (unpaired) electrons. The number of nitrogen functional groups attached to an aromatic ring is 1. The van der Waals surface area contributed by atoms with Gasteiger partial charge in [-0.05, 0) is 51.3 Å². The summed E-state index contributed by atoms with van der Waals surface area (Å²) in [5.41, 5.74) is 8.18. The fraction of sp³-hybridized carbons (Fsp3) is 0.500. The summed E-state index contributed by atoms with van der Waals surface area (Å²) in [5, 5.41) is 2.38. The number of aromatic nitrogens is 2. The van der Waals surface area contributed by atoms with Crippen molar-refractivity contribution < 1.29 is 0 Å². The Kier molecular flexibility index (Phi) is 3.17. The third kappa shape index (κ3) is 2.10. The van der Waals surface area contributed by atoms with Gasteiger partial charge in [-0.2, -0.15) is 0 Å². The zero-order valence-electron chi connectivity index (χ0n) is 11.3. The van der Waals surface area contributed by atoms with Gasteiger partial charge in [0, 0.05) is 16.6 Å². The van der Waals surface area contributed by atoms with E-state index in [0.29, 0.717) is 18.0 Å². The van der Waals surface area contributed by atoms with Gasteiger partial charge in [0.1, 0.15) is 0 Å². The number of fused-ring (bicyclic) bond motifs is 1. The zero-order valence-corrected chi connectivity index (χ0v) is 12.9. The number of nitrogens with two attached hydrogens (primary N) is 1. The Labute approximate surface area is 121 Å². The Bertz CT molecular complexity index is 597. The Morgan fingerprint density at radius 1 is 1.26 bits per heavy atom. The molecule has 5 heteroatoms. The predicted octanol–water partition coefficient (Wildman–Crippen LogP) is 3.28. The fourth-order valence-electron chi connectivity index (χ4n) is 3.10. The molecule has 0 amide bonds. The number of hydrogen-bond acceptors (Lipinski definition) is 3. The summed E-state index contributed by atoms with van der Waals surface area (Å²) in [4.78, 5) is 4.48.